The molecule has 122 valence electrons. The van der Waals surface area contributed by atoms with Gasteiger partial charge in [0.05, 0.1) is 21.3 Å². The number of nitrogens with one attached hydrogen (secondary N) is 1. The van der Waals surface area contributed by atoms with E-state index in [0.717, 1.165) is 11.8 Å². The van der Waals surface area contributed by atoms with Gasteiger partial charge in [-0.25, -0.2) is 4.98 Å². The van der Waals surface area contributed by atoms with Crippen LogP contribution in [0.25, 0.3) is 0 Å². The minimum atomic E-state index is -0.308. The van der Waals surface area contributed by atoms with Crippen molar-refractivity contribution in [3.05, 3.63) is 39.8 Å². The van der Waals surface area contributed by atoms with E-state index >= 15 is 0 Å². The predicted molar refractivity (Wildman–Crippen MR) is 85.9 cm³/mol. The van der Waals surface area contributed by atoms with Crippen LogP contribution in [0.2, 0.25) is 0 Å². The number of aromatic nitrogens is 2. The molecule has 0 aliphatic carbocycles. The summed E-state index contributed by atoms with van der Waals surface area (Å²) in [6.45, 7) is 1.68. The number of aromatic amines is 1. The Labute approximate surface area is 137 Å². The van der Waals surface area contributed by atoms with Gasteiger partial charge in [-0.2, -0.15) is 0 Å². The molecule has 23 heavy (non-hydrogen) atoms. The second-order valence-electron chi connectivity index (χ2n) is 4.50. The Balaban J connectivity index is 2.37. The van der Waals surface area contributed by atoms with Crippen LogP contribution in [0.3, 0.4) is 0 Å². The molecule has 1 heterocycles. The highest BCUT2D eigenvalue weighted by atomic mass is 32.2. The number of methoxy groups -OCH3 is 3. The molecule has 0 aliphatic heterocycles. The number of benzene rings is 1. The maximum Gasteiger partial charge on any atom is 0.251 e. The van der Waals surface area contributed by atoms with Crippen LogP contribution in [-0.4, -0.2) is 36.4 Å². The number of aryl methyl sites for hydroxylation is 1. The van der Waals surface area contributed by atoms with Crippen LogP contribution in [0.4, 0.5) is 0 Å². The maximum absolute atomic E-state index is 12.4. The molecule has 8 heteroatoms. The SMILES string of the molecule is COc1cc(C(=O)Sc2nc(C)cc(=O)[nH]2)cc(OC)c1OC. The number of nitrogens with zero attached hydrogens (tertiary/aromatic N) is 1. The van der Waals surface area contributed by atoms with Crippen molar-refractivity contribution in [1.82, 2.24) is 9.97 Å². The molecule has 0 radical (unpaired) electrons. The van der Waals surface area contributed by atoms with E-state index in [2.05, 4.69) is 9.97 Å². The average Bonchev–Trinajstić information content (AvgIpc) is 2.52. The summed E-state index contributed by atoms with van der Waals surface area (Å²) >= 11 is 0.819. The Kier molecular flexibility index (Phi) is 5.28. The van der Waals surface area contributed by atoms with Gasteiger partial charge in [-0.15, -0.1) is 0 Å². The fraction of sp³-hybridized carbons (Fsp3) is 0.267. The number of rotatable bonds is 5. The van der Waals surface area contributed by atoms with Gasteiger partial charge in [0.15, 0.2) is 16.7 Å². The van der Waals surface area contributed by atoms with E-state index in [4.69, 9.17) is 14.2 Å². The van der Waals surface area contributed by atoms with E-state index in [-0.39, 0.29) is 15.8 Å². The molecule has 0 spiro atoms. The van der Waals surface area contributed by atoms with Crippen molar-refractivity contribution in [2.24, 2.45) is 0 Å². The lowest BCUT2D eigenvalue weighted by Gasteiger charge is -2.13. The third kappa shape index (κ3) is 3.84. The van der Waals surface area contributed by atoms with Crippen molar-refractivity contribution >= 4 is 16.9 Å². The molecule has 0 aliphatic rings. The molecule has 7 nitrogen and oxygen atoms in total. The summed E-state index contributed by atoms with van der Waals surface area (Å²) in [7, 11) is 4.43. The Morgan fingerprint density at radius 3 is 2.17 bits per heavy atom. The second kappa shape index (κ2) is 7.19. The molecule has 1 aromatic carbocycles. The van der Waals surface area contributed by atoms with Crippen LogP contribution < -0.4 is 19.8 Å². The van der Waals surface area contributed by atoms with Gasteiger partial charge < -0.3 is 19.2 Å². The predicted octanol–water partition coefficient (Wildman–Crippen LogP) is 2.04. The fourth-order valence-electron chi connectivity index (χ4n) is 1.95. The first-order valence-corrected chi connectivity index (χ1v) is 7.40. The summed E-state index contributed by atoms with van der Waals surface area (Å²) in [5.41, 5.74) is 0.570. The lowest BCUT2D eigenvalue weighted by molar-refractivity contribution is 0.108. The Hall–Kier alpha value is -2.48. The number of H-pyrrole nitrogens is 1. The molecule has 0 fully saturated rings. The van der Waals surface area contributed by atoms with Gasteiger partial charge in [0.2, 0.25) is 10.9 Å². The number of hydrogen-bond acceptors (Lipinski definition) is 7. The third-order valence-electron chi connectivity index (χ3n) is 2.94. The standard InChI is InChI=1S/C15H16N2O5S/c1-8-5-12(18)17-15(16-8)23-14(19)9-6-10(20-2)13(22-4)11(7-9)21-3/h5-7H,1-4H3,(H,16,17,18). The molecule has 1 N–H and O–H groups in total. The summed E-state index contributed by atoms with van der Waals surface area (Å²) in [5.74, 6) is 1.15. The molecule has 0 bridgehead atoms. The topological polar surface area (TPSA) is 90.5 Å². The van der Waals surface area contributed by atoms with Crippen LogP contribution in [0, 0.1) is 6.92 Å². The highest BCUT2D eigenvalue weighted by molar-refractivity contribution is 8.14. The number of ether oxygens (including phenoxy) is 3. The van der Waals surface area contributed by atoms with Crippen molar-refractivity contribution < 1.29 is 19.0 Å². The molecule has 2 aromatic rings. The Bertz CT molecular complexity index is 763. The normalized spacial score (nSPS) is 10.3. The van der Waals surface area contributed by atoms with E-state index in [1.54, 1.807) is 19.1 Å². The first kappa shape index (κ1) is 16.9. The lowest BCUT2D eigenvalue weighted by atomic mass is 10.2. The number of hydrogen-bond donors (Lipinski definition) is 1. The zero-order valence-corrected chi connectivity index (χ0v) is 13.9. The van der Waals surface area contributed by atoms with Crippen LogP contribution >= 0.6 is 11.8 Å². The molecule has 0 saturated heterocycles. The van der Waals surface area contributed by atoms with Crippen LogP contribution in [0.1, 0.15) is 16.1 Å². The summed E-state index contributed by atoms with van der Waals surface area (Å²) in [5, 5.41) is -0.0771. The summed E-state index contributed by atoms with van der Waals surface area (Å²) in [6, 6.07) is 4.45. The van der Waals surface area contributed by atoms with Crippen molar-refractivity contribution in [2.45, 2.75) is 12.1 Å². The van der Waals surface area contributed by atoms with Gasteiger partial charge in [0.25, 0.3) is 5.56 Å². The van der Waals surface area contributed by atoms with Crippen LogP contribution in [-0.2, 0) is 0 Å². The van der Waals surface area contributed by atoms with Gasteiger partial charge in [0.1, 0.15) is 0 Å². The van der Waals surface area contributed by atoms with E-state index < -0.39 is 0 Å². The highest BCUT2D eigenvalue weighted by Crippen LogP contribution is 2.39. The largest absolute Gasteiger partial charge is 0.493 e. The molecule has 1 aromatic heterocycles. The summed E-state index contributed by atoms with van der Waals surface area (Å²) in [4.78, 5) is 30.5. The van der Waals surface area contributed by atoms with Crippen LogP contribution in [0.5, 0.6) is 17.2 Å². The lowest BCUT2D eigenvalue weighted by Crippen LogP contribution is -2.09. The first-order valence-electron chi connectivity index (χ1n) is 6.58. The van der Waals surface area contributed by atoms with E-state index in [0.29, 0.717) is 28.5 Å². The molecule has 0 saturated carbocycles. The number of carbonyl (C=O) groups is 1. The van der Waals surface area contributed by atoms with Crippen molar-refractivity contribution in [3.8, 4) is 17.2 Å². The quantitative estimate of drug-likeness (QED) is 0.660. The van der Waals surface area contributed by atoms with Gasteiger partial charge in [-0.1, -0.05) is 0 Å². The molecular formula is C15H16N2O5S. The summed E-state index contributed by atoms with van der Waals surface area (Å²) < 4.78 is 15.7. The van der Waals surface area contributed by atoms with Crippen molar-refractivity contribution in [2.75, 3.05) is 21.3 Å². The van der Waals surface area contributed by atoms with Crippen molar-refractivity contribution in [3.63, 3.8) is 0 Å². The second-order valence-corrected chi connectivity index (χ2v) is 5.46. The smallest absolute Gasteiger partial charge is 0.251 e. The minimum Gasteiger partial charge on any atom is -0.493 e. The fourth-order valence-corrected chi connectivity index (χ4v) is 2.70. The van der Waals surface area contributed by atoms with Crippen LogP contribution in [0.15, 0.2) is 28.2 Å². The Morgan fingerprint density at radius 1 is 1.09 bits per heavy atom. The third-order valence-corrected chi connectivity index (χ3v) is 3.75. The summed E-state index contributed by atoms with van der Waals surface area (Å²) in [6.07, 6.45) is 0. The first-order chi connectivity index (χ1) is 11.0. The molecule has 0 amide bonds. The highest BCUT2D eigenvalue weighted by Gasteiger charge is 2.18. The van der Waals surface area contributed by atoms with Gasteiger partial charge >= 0.3 is 0 Å². The van der Waals surface area contributed by atoms with Gasteiger partial charge in [-0.3, -0.25) is 9.59 Å². The number of carbonyl (C=O) groups excluding carboxylic acids is 1. The average molecular weight is 336 g/mol. The van der Waals surface area contributed by atoms with Crippen molar-refractivity contribution in [1.29, 1.82) is 0 Å². The van der Waals surface area contributed by atoms with E-state index in [1.165, 1.54) is 27.4 Å². The van der Waals surface area contributed by atoms with Gasteiger partial charge in [0, 0.05) is 17.3 Å². The van der Waals surface area contributed by atoms with E-state index in [9.17, 15) is 9.59 Å². The number of thioether (sulfide) groups is 1. The zero-order chi connectivity index (χ0) is 17.0. The maximum atomic E-state index is 12.4. The molecule has 2 rings (SSSR count). The Morgan fingerprint density at radius 2 is 1.70 bits per heavy atom. The molecular weight excluding hydrogens is 320 g/mol. The monoisotopic (exact) mass is 336 g/mol. The molecule has 0 atom stereocenters. The van der Waals surface area contributed by atoms with E-state index in [1.807, 2.05) is 0 Å². The zero-order valence-electron chi connectivity index (χ0n) is 13.1. The van der Waals surface area contributed by atoms with Gasteiger partial charge in [-0.05, 0) is 30.8 Å². The molecule has 0 unspecified atom stereocenters. The minimum absolute atomic E-state index is 0.230.